The van der Waals surface area contributed by atoms with E-state index in [-0.39, 0.29) is 12.5 Å². The molecule has 0 aliphatic heterocycles. The summed E-state index contributed by atoms with van der Waals surface area (Å²) in [5.41, 5.74) is 0. The fraction of sp³-hybridized carbons (Fsp3) is 0.500. The predicted octanol–water partition coefficient (Wildman–Crippen LogP) is -0.359. The van der Waals surface area contributed by atoms with Crippen molar-refractivity contribution < 1.29 is 9.53 Å². The van der Waals surface area contributed by atoms with Crippen molar-refractivity contribution in [2.45, 2.75) is 13.5 Å². The molecule has 0 bridgehead atoms. The first-order valence-corrected chi connectivity index (χ1v) is 3.24. The maximum Gasteiger partial charge on any atom is 0.327 e. The monoisotopic (exact) mass is 154 g/mol. The first-order chi connectivity index (χ1) is 5.33. The number of esters is 1. The average molecular weight is 154 g/mol. The normalized spacial score (nSPS) is 9.55. The molecule has 1 heterocycles. The Hall–Kier alpha value is -1.39. The topological polar surface area (TPSA) is 57.0 Å². The molecule has 59 valence electrons. The van der Waals surface area contributed by atoms with E-state index in [2.05, 4.69) is 21.2 Å². The number of nitrogens with zero attached hydrogens (tertiary/aromatic N) is 3. The van der Waals surface area contributed by atoms with Crippen molar-refractivity contribution in [3.63, 3.8) is 0 Å². The van der Waals surface area contributed by atoms with E-state index in [1.54, 1.807) is 6.92 Å². The van der Waals surface area contributed by atoms with E-state index in [1.807, 2.05) is 0 Å². The van der Waals surface area contributed by atoms with Gasteiger partial charge < -0.3 is 4.74 Å². The maximum absolute atomic E-state index is 10.8. The second kappa shape index (κ2) is 3.70. The summed E-state index contributed by atoms with van der Waals surface area (Å²) in [4.78, 5) is 10.8. The molecule has 0 aromatic carbocycles. The van der Waals surface area contributed by atoms with Crippen molar-refractivity contribution >= 4 is 5.97 Å². The highest BCUT2D eigenvalue weighted by molar-refractivity contribution is 5.68. The van der Waals surface area contributed by atoms with Gasteiger partial charge in [-0.2, -0.15) is 0 Å². The molecule has 0 N–H and O–H groups in total. The van der Waals surface area contributed by atoms with Crippen LogP contribution >= 0.6 is 0 Å². The van der Waals surface area contributed by atoms with Crippen LogP contribution in [0.5, 0.6) is 0 Å². The van der Waals surface area contributed by atoms with Gasteiger partial charge in [0, 0.05) is 0 Å². The first-order valence-electron chi connectivity index (χ1n) is 3.24. The summed E-state index contributed by atoms with van der Waals surface area (Å²) >= 11 is 0. The number of rotatable bonds is 3. The molecule has 0 saturated carbocycles. The number of aromatic nitrogens is 3. The zero-order valence-electron chi connectivity index (χ0n) is 6.15. The lowest BCUT2D eigenvalue weighted by atomic mass is 10.6. The minimum absolute atomic E-state index is 0.0772. The van der Waals surface area contributed by atoms with Crippen molar-refractivity contribution in [1.82, 2.24) is 15.0 Å². The van der Waals surface area contributed by atoms with Crippen LogP contribution in [-0.2, 0) is 16.1 Å². The minimum atomic E-state index is -0.325. The average Bonchev–Trinajstić information content (AvgIpc) is 2.40. The molecule has 1 aromatic rings. The summed E-state index contributed by atoms with van der Waals surface area (Å²) in [6.07, 6.45) is 4.01. The number of hydrogen-bond donors (Lipinski definition) is 0. The highest BCUT2D eigenvalue weighted by Gasteiger charge is 2.02. The van der Waals surface area contributed by atoms with E-state index in [9.17, 15) is 4.79 Å². The van der Waals surface area contributed by atoms with E-state index >= 15 is 0 Å². The first kappa shape index (κ1) is 7.71. The highest BCUT2D eigenvalue weighted by atomic mass is 16.5. The maximum atomic E-state index is 10.8. The van der Waals surface area contributed by atoms with Crippen LogP contribution in [0.2, 0.25) is 0 Å². The van der Waals surface area contributed by atoms with Crippen LogP contribution < -0.4 is 0 Å². The van der Waals surface area contributed by atoms with Crippen molar-refractivity contribution in [1.29, 1.82) is 0 Å². The lowest BCUT2D eigenvalue weighted by Gasteiger charge is -1.98. The van der Waals surface area contributed by atoms with Crippen LogP contribution in [0.3, 0.4) is 0 Å². The van der Waals surface area contributed by atoms with Gasteiger partial charge in [0.05, 0.1) is 12.8 Å². The zero-order chi connectivity index (χ0) is 8.10. The molecule has 0 spiro atoms. The summed E-state index contributed by atoms with van der Waals surface area (Å²) < 4.78 is 5.96. The van der Waals surface area contributed by atoms with Gasteiger partial charge in [-0.1, -0.05) is 5.21 Å². The van der Waals surface area contributed by atoms with Gasteiger partial charge in [0.1, 0.15) is 12.7 Å². The van der Waals surface area contributed by atoms with Crippen LogP contribution in [0.25, 0.3) is 0 Å². The van der Waals surface area contributed by atoms with Gasteiger partial charge >= 0.3 is 5.97 Å². The van der Waals surface area contributed by atoms with E-state index in [1.165, 1.54) is 10.9 Å². The molecule has 0 saturated heterocycles. The molecule has 1 rings (SSSR count). The van der Waals surface area contributed by atoms with Crippen LogP contribution in [0.1, 0.15) is 6.92 Å². The van der Waals surface area contributed by atoms with Crippen LogP contribution in [0, 0.1) is 6.20 Å². The number of carbonyl (C=O) groups is 1. The van der Waals surface area contributed by atoms with Gasteiger partial charge in [-0.15, -0.1) is 5.10 Å². The number of carbonyl (C=O) groups excluding carboxylic acids is 1. The van der Waals surface area contributed by atoms with E-state index in [4.69, 9.17) is 0 Å². The van der Waals surface area contributed by atoms with Crippen molar-refractivity contribution in [2.75, 3.05) is 6.61 Å². The van der Waals surface area contributed by atoms with Gasteiger partial charge in [-0.3, -0.25) is 4.79 Å². The van der Waals surface area contributed by atoms with Gasteiger partial charge in [-0.05, 0) is 6.92 Å². The molecule has 0 amide bonds. The van der Waals surface area contributed by atoms with Crippen molar-refractivity contribution in [3.05, 3.63) is 12.4 Å². The SMILES string of the molecule is CCOC(=O)Cn1[c]cnn1. The molecular formula is C6H8N3O2. The Morgan fingerprint density at radius 3 is 3.18 bits per heavy atom. The zero-order valence-corrected chi connectivity index (χ0v) is 6.15. The van der Waals surface area contributed by atoms with Crippen LogP contribution in [0.15, 0.2) is 6.20 Å². The molecule has 0 atom stereocenters. The fourth-order valence-corrected chi connectivity index (χ4v) is 0.613. The quantitative estimate of drug-likeness (QED) is 0.558. The number of ether oxygens (including phenoxy) is 1. The molecule has 5 heteroatoms. The van der Waals surface area contributed by atoms with Gasteiger partial charge in [0.2, 0.25) is 0 Å². The molecule has 11 heavy (non-hydrogen) atoms. The molecule has 1 aromatic heterocycles. The largest absolute Gasteiger partial charge is 0.465 e. The third kappa shape index (κ3) is 2.37. The van der Waals surface area contributed by atoms with Crippen molar-refractivity contribution in [2.24, 2.45) is 0 Å². The van der Waals surface area contributed by atoms with Gasteiger partial charge in [0.15, 0.2) is 0 Å². The van der Waals surface area contributed by atoms with E-state index in [0.29, 0.717) is 6.61 Å². The third-order valence-corrected chi connectivity index (χ3v) is 1.01. The van der Waals surface area contributed by atoms with Crippen LogP contribution in [0.4, 0.5) is 0 Å². The smallest absolute Gasteiger partial charge is 0.327 e. The molecule has 1 radical (unpaired) electrons. The lowest BCUT2D eigenvalue weighted by Crippen LogP contribution is -2.13. The molecule has 0 unspecified atom stereocenters. The highest BCUT2D eigenvalue weighted by Crippen LogP contribution is 1.83. The Morgan fingerprint density at radius 1 is 1.82 bits per heavy atom. The Balaban J connectivity index is 2.37. The third-order valence-electron chi connectivity index (χ3n) is 1.01. The predicted molar refractivity (Wildman–Crippen MR) is 35.5 cm³/mol. The Morgan fingerprint density at radius 2 is 2.64 bits per heavy atom. The minimum Gasteiger partial charge on any atom is -0.465 e. The van der Waals surface area contributed by atoms with E-state index < -0.39 is 0 Å². The van der Waals surface area contributed by atoms with Crippen LogP contribution in [-0.4, -0.2) is 27.6 Å². The second-order valence-electron chi connectivity index (χ2n) is 1.83. The molecule has 0 aliphatic rings. The Kier molecular flexibility index (Phi) is 2.59. The second-order valence-corrected chi connectivity index (χ2v) is 1.83. The molecule has 0 fully saturated rings. The van der Waals surface area contributed by atoms with Gasteiger partial charge in [0.25, 0.3) is 0 Å². The number of hydrogen-bond acceptors (Lipinski definition) is 4. The molecule has 0 aliphatic carbocycles. The van der Waals surface area contributed by atoms with Crippen molar-refractivity contribution in [3.8, 4) is 0 Å². The summed E-state index contributed by atoms with van der Waals surface area (Å²) in [5, 5.41) is 7.03. The summed E-state index contributed by atoms with van der Waals surface area (Å²) in [7, 11) is 0. The summed E-state index contributed by atoms with van der Waals surface area (Å²) in [6.45, 7) is 2.21. The summed E-state index contributed by atoms with van der Waals surface area (Å²) in [5.74, 6) is -0.325. The molecular weight excluding hydrogens is 146 g/mol. The van der Waals surface area contributed by atoms with Gasteiger partial charge in [-0.25, -0.2) is 4.68 Å². The Labute approximate surface area is 64.0 Å². The molecule has 5 nitrogen and oxygen atoms in total. The lowest BCUT2D eigenvalue weighted by molar-refractivity contribution is -0.144. The standard InChI is InChI=1S/C6H8N3O2/c1-2-11-6(10)5-9-4-3-7-8-9/h3H,2,5H2,1H3. The summed E-state index contributed by atoms with van der Waals surface area (Å²) in [6, 6.07) is 0. The fourth-order valence-electron chi connectivity index (χ4n) is 0.613. The Bertz CT molecular complexity index is 220. The van der Waals surface area contributed by atoms with E-state index in [0.717, 1.165) is 0 Å².